The first kappa shape index (κ1) is 21.9. The Balaban J connectivity index is 1.63. The predicted molar refractivity (Wildman–Crippen MR) is 142 cm³/mol. The second-order valence-electron chi connectivity index (χ2n) is 8.52. The monoisotopic (exact) mass is 516 g/mol. The fourth-order valence-corrected chi connectivity index (χ4v) is 5.04. The Hall–Kier alpha value is -2.96. The lowest BCUT2D eigenvalue weighted by Gasteiger charge is -2.29. The van der Waals surface area contributed by atoms with E-state index in [0.717, 1.165) is 27.2 Å². The van der Waals surface area contributed by atoms with Crippen LogP contribution >= 0.6 is 28.1 Å². The average molecular weight is 517 g/mol. The standard InChI is InChI=1S/C27H25BrN4S/c1-18(2)19-8-12-22(13-9-19)32-26(25(30-27(32)33)23-6-3-4-16-29-23)24-7-5-17-31(24)21-14-10-20(28)11-15-21/h3-18,25-26H,1-2H3,(H,30,33)/t25-,26+/m0/s1. The molecule has 0 saturated carbocycles. The molecule has 1 aliphatic heterocycles. The van der Waals surface area contributed by atoms with Gasteiger partial charge >= 0.3 is 0 Å². The zero-order valence-corrected chi connectivity index (χ0v) is 20.9. The SMILES string of the molecule is CC(C)c1ccc(N2C(=S)N[C@@H](c3ccccn3)[C@H]2c2cccn2-c2ccc(Br)cc2)cc1. The lowest BCUT2D eigenvalue weighted by Crippen LogP contribution is -2.30. The Morgan fingerprint density at radius 1 is 0.909 bits per heavy atom. The number of halogens is 1. The molecule has 4 aromatic rings. The highest BCUT2D eigenvalue weighted by Crippen LogP contribution is 2.42. The molecule has 33 heavy (non-hydrogen) atoms. The van der Waals surface area contributed by atoms with Gasteiger partial charge in [0, 0.05) is 33.9 Å². The van der Waals surface area contributed by atoms with Crippen LogP contribution in [0.2, 0.25) is 0 Å². The summed E-state index contributed by atoms with van der Waals surface area (Å²) >= 11 is 9.43. The Morgan fingerprint density at radius 2 is 1.64 bits per heavy atom. The van der Waals surface area contributed by atoms with E-state index >= 15 is 0 Å². The second-order valence-corrected chi connectivity index (χ2v) is 9.82. The summed E-state index contributed by atoms with van der Waals surface area (Å²) in [5, 5.41) is 4.26. The first-order valence-electron chi connectivity index (χ1n) is 11.1. The summed E-state index contributed by atoms with van der Waals surface area (Å²) in [5.41, 5.74) is 5.60. The lowest BCUT2D eigenvalue weighted by molar-refractivity contribution is 0.549. The Bertz CT molecular complexity index is 1250. The highest BCUT2D eigenvalue weighted by molar-refractivity contribution is 9.10. The van der Waals surface area contributed by atoms with Gasteiger partial charge in [-0.2, -0.15) is 0 Å². The molecule has 166 valence electrons. The first-order valence-corrected chi connectivity index (χ1v) is 12.3. The molecule has 0 spiro atoms. The van der Waals surface area contributed by atoms with Gasteiger partial charge in [0.25, 0.3) is 0 Å². The molecule has 1 saturated heterocycles. The summed E-state index contributed by atoms with van der Waals surface area (Å²) in [6.07, 6.45) is 3.94. The number of rotatable bonds is 5. The van der Waals surface area contributed by atoms with E-state index in [4.69, 9.17) is 12.2 Å². The quantitative estimate of drug-likeness (QED) is 0.291. The van der Waals surface area contributed by atoms with Crippen LogP contribution in [0.5, 0.6) is 0 Å². The zero-order chi connectivity index (χ0) is 22.9. The van der Waals surface area contributed by atoms with Crippen LogP contribution in [0.3, 0.4) is 0 Å². The van der Waals surface area contributed by atoms with E-state index in [1.807, 2.05) is 18.3 Å². The lowest BCUT2D eigenvalue weighted by atomic mass is 9.99. The van der Waals surface area contributed by atoms with Crippen molar-refractivity contribution in [3.05, 3.63) is 113 Å². The number of thiocarbonyl (C=S) groups is 1. The van der Waals surface area contributed by atoms with Gasteiger partial charge < -0.3 is 14.8 Å². The molecule has 5 rings (SSSR count). The molecule has 0 aliphatic carbocycles. The van der Waals surface area contributed by atoms with Gasteiger partial charge in [0.1, 0.15) is 6.04 Å². The molecule has 0 unspecified atom stereocenters. The Morgan fingerprint density at radius 3 is 2.30 bits per heavy atom. The number of nitrogens with one attached hydrogen (secondary N) is 1. The van der Waals surface area contributed by atoms with Crippen LogP contribution in [0.15, 0.2) is 95.7 Å². The number of pyridine rings is 1. The second kappa shape index (κ2) is 9.12. The maximum Gasteiger partial charge on any atom is 0.174 e. The average Bonchev–Trinajstić information content (AvgIpc) is 3.44. The van der Waals surface area contributed by atoms with Gasteiger partial charge in [-0.1, -0.05) is 48.0 Å². The molecule has 6 heteroatoms. The molecule has 0 bridgehead atoms. The summed E-state index contributed by atoms with van der Waals surface area (Å²) in [7, 11) is 0. The van der Waals surface area contributed by atoms with Crippen molar-refractivity contribution in [2.75, 3.05) is 4.90 Å². The fourth-order valence-electron chi connectivity index (χ4n) is 4.43. The van der Waals surface area contributed by atoms with Crippen LogP contribution < -0.4 is 10.2 Å². The van der Waals surface area contributed by atoms with Gasteiger partial charge in [0.15, 0.2) is 5.11 Å². The molecule has 3 heterocycles. The summed E-state index contributed by atoms with van der Waals surface area (Å²) in [5.74, 6) is 0.481. The van der Waals surface area contributed by atoms with E-state index in [-0.39, 0.29) is 12.1 Å². The summed E-state index contributed by atoms with van der Waals surface area (Å²) in [6, 6.07) is 27.3. The van der Waals surface area contributed by atoms with E-state index in [9.17, 15) is 0 Å². The van der Waals surface area contributed by atoms with Gasteiger partial charge in [-0.15, -0.1) is 0 Å². The third kappa shape index (κ3) is 4.21. The van der Waals surface area contributed by atoms with Crippen LogP contribution in [0.4, 0.5) is 5.69 Å². The van der Waals surface area contributed by atoms with E-state index in [1.54, 1.807) is 0 Å². The van der Waals surface area contributed by atoms with Gasteiger partial charge in [0.05, 0.1) is 11.7 Å². The van der Waals surface area contributed by atoms with Crippen LogP contribution in [0.1, 0.15) is 48.8 Å². The molecular weight excluding hydrogens is 492 g/mol. The highest BCUT2D eigenvalue weighted by Gasteiger charge is 2.42. The maximum atomic E-state index is 5.88. The number of hydrogen-bond donors (Lipinski definition) is 1. The van der Waals surface area contributed by atoms with Crippen LogP contribution in [-0.2, 0) is 0 Å². The smallest absolute Gasteiger partial charge is 0.174 e. The molecular formula is C27H25BrN4S. The third-order valence-electron chi connectivity index (χ3n) is 6.12. The number of nitrogens with zero attached hydrogens (tertiary/aromatic N) is 3. The summed E-state index contributed by atoms with van der Waals surface area (Å²) in [6.45, 7) is 4.42. The molecule has 1 N–H and O–H groups in total. The minimum atomic E-state index is -0.0763. The van der Waals surface area contributed by atoms with Crippen molar-refractivity contribution >= 4 is 38.9 Å². The molecule has 0 amide bonds. The largest absolute Gasteiger partial charge is 0.351 e. The van der Waals surface area contributed by atoms with Crippen molar-refractivity contribution in [1.82, 2.24) is 14.9 Å². The minimum absolute atomic E-state index is 0.0593. The Kier molecular flexibility index (Phi) is 6.04. The molecule has 2 atom stereocenters. The van der Waals surface area contributed by atoms with Gasteiger partial charge in [-0.05, 0) is 84.4 Å². The molecule has 4 nitrogen and oxygen atoms in total. The van der Waals surface area contributed by atoms with Gasteiger partial charge in [0.2, 0.25) is 0 Å². The van der Waals surface area contributed by atoms with E-state index in [1.165, 1.54) is 5.56 Å². The maximum absolute atomic E-state index is 5.88. The molecule has 2 aromatic heterocycles. The molecule has 0 radical (unpaired) electrons. The third-order valence-corrected chi connectivity index (χ3v) is 6.97. The van der Waals surface area contributed by atoms with Crippen LogP contribution in [-0.4, -0.2) is 14.7 Å². The summed E-state index contributed by atoms with van der Waals surface area (Å²) in [4.78, 5) is 6.90. The number of anilines is 1. The highest BCUT2D eigenvalue weighted by atomic mass is 79.9. The molecule has 1 aliphatic rings. The zero-order valence-electron chi connectivity index (χ0n) is 18.5. The van der Waals surface area contributed by atoms with Crippen molar-refractivity contribution in [2.24, 2.45) is 0 Å². The number of hydrogen-bond acceptors (Lipinski definition) is 2. The van der Waals surface area contributed by atoms with Gasteiger partial charge in [-0.25, -0.2) is 0 Å². The normalized spacial score (nSPS) is 18.1. The fraction of sp³-hybridized carbons (Fsp3) is 0.185. The van der Waals surface area contributed by atoms with Crippen molar-refractivity contribution in [1.29, 1.82) is 0 Å². The number of benzene rings is 2. The molecule has 1 fully saturated rings. The minimum Gasteiger partial charge on any atom is -0.351 e. The predicted octanol–water partition coefficient (Wildman–Crippen LogP) is 6.94. The molecule has 2 aromatic carbocycles. The number of aromatic nitrogens is 2. The summed E-state index contributed by atoms with van der Waals surface area (Å²) < 4.78 is 3.29. The van der Waals surface area contributed by atoms with Crippen molar-refractivity contribution in [2.45, 2.75) is 31.8 Å². The van der Waals surface area contributed by atoms with Crippen LogP contribution in [0, 0.1) is 0 Å². The first-order chi connectivity index (χ1) is 16.0. The van der Waals surface area contributed by atoms with E-state index < -0.39 is 0 Å². The van der Waals surface area contributed by atoms with Crippen molar-refractivity contribution in [3.63, 3.8) is 0 Å². The van der Waals surface area contributed by atoms with Crippen LogP contribution in [0.25, 0.3) is 5.69 Å². The van der Waals surface area contributed by atoms with Crippen molar-refractivity contribution in [3.8, 4) is 5.69 Å². The van der Waals surface area contributed by atoms with Crippen molar-refractivity contribution < 1.29 is 0 Å². The van der Waals surface area contributed by atoms with E-state index in [2.05, 4.69) is 122 Å². The van der Waals surface area contributed by atoms with Gasteiger partial charge in [-0.3, -0.25) is 4.98 Å². The topological polar surface area (TPSA) is 33.1 Å². The van der Waals surface area contributed by atoms with E-state index in [0.29, 0.717) is 11.0 Å². The Labute approximate surface area is 208 Å².